The van der Waals surface area contributed by atoms with Gasteiger partial charge in [0.25, 0.3) is 0 Å². The molecule has 1 aromatic heterocycles. The molecule has 2 nitrogen and oxygen atoms in total. The molecule has 0 bridgehead atoms. The van der Waals surface area contributed by atoms with Gasteiger partial charge in [-0.15, -0.1) is 0 Å². The lowest BCUT2D eigenvalue weighted by Gasteiger charge is -2.13. The number of hydrogen-bond donors (Lipinski definition) is 1. The Morgan fingerprint density at radius 3 is 2.55 bits per heavy atom. The first-order valence-corrected chi connectivity index (χ1v) is 7.57. The number of hydrogen-bond acceptors (Lipinski definition) is 2. The quantitative estimate of drug-likeness (QED) is 0.699. The van der Waals surface area contributed by atoms with Crippen LogP contribution in [0.4, 0.5) is 0 Å². The number of fused-ring (bicyclic) bond motifs is 1. The third kappa shape index (κ3) is 2.83. The molecule has 3 heteroatoms. The van der Waals surface area contributed by atoms with Crippen LogP contribution in [0, 0.1) is 3.57 Å². The summed E-state index contributed by atoms with van der Waals surface area (Å²) < 4.78 is 1.20. The lowest BCUT2D eigenvalue weighted by molar-refractivity contribution is 0.179. The molecule has 1 heterocycles. The van der Waals surface area contributed by atoms with Crippen molar-refractivity contribution in [2.24, 2.45) is 0 Å². The molecule has 3 aromatic rings. The molecular weight excluding hydrogens is 361 g/mol. The van der Waals surface area contributed by atoms with Crippen molar-refractivity contribution < 1.29 is 5.11 Å². The Balaban J connectivity index is 1.92. The van der Waals surface area contributed by atoms with Crippen LogP contribution in [0.5, 0.6) is 0 Å². The molecule has 2 aromatic carbocycles. The Morgan fingerprint density at radius 1 is 1.00 bits per heavy atom. The highest BCUT2D eigenvalue weighted by molar-refractivity contribution is 14.1. The van der Waals surface area contributed by atoms with Gasteiger partial charge in [0.1, 0.15) is 0 Å². The van der Waals surface area contributed by atoms with Crippen LogP contribution in [0.25, 0.3) is 10.8 Å². The molecule has 0 spiro atoms. The number of halogens is 1. The number of benzene rings is 2. The molecule has 0 aliphatic rings. The topological polar surface area (TPSA) is 33.1 Å². The second-order valence-electron chi connectivity index (χ2n) is 4.80. The third-order valence-corrected chi connectivity index (χ3v) is 4.12. The predicted molar refractivity (Wildman–Crippen MR) is 89.6 cm³/mol. The zero-order valence-electron chi connectivity index (χ0n) is 10.8. The number of rotatable bonds is 3. The summed E-state index contributed by atoms with van der Waals surface area (Å²) in [5.41, 5.74) is 2.02. The molecule has 3 rings (SSSR count). The lowest BCUT2D eigenvalue weighted by atomic mass is 9.98. The van der Waals surface area contributed by atoms with E-state index >= 15 is 0 Å². The van der Waals surface area contributed by atoms with Crippen LogP contribution in [0.2, 0.25) is 0 Å². The Labute approximate surface area is 131 Å². The van der Waals surface area contributed by atoms with Crippen molar-refractivity contribution in [2.45, 2.75) is 12.5 Å². The van der Waals surface area contributed by atoms with E-state index in [1.165, 1.54) is 3.57 Å². The molecule has 1 unspecified atom stereocenters. The van der Waals surface area contributed by atoms with E-state index in [1.54, 1.807) is 6.20 Å². The van der Waals surface area contributed by atoms with Gasteiger partial charge < -0.3 is 5.11 Å². The molecule has 0 saturated heterocycles. The lowest BCUT2D eigenvalue weighted by Crippen LogP contribution is -2.03. The molecule has 0 aliphatic heterocycles. The standard InChI is InChI=1S/C17H14INO/c18-14-7-5-12(6-8-14)9-17(20)16-11-19-10-13-3-1-2-4-15(13)16/h1-8,10-11,17,20H,9H2. The predicted octanol–water partition coefficient (Wildman–Crippen LogP) is 4.12. The summed E-state index contributed by atoms with van der Waals surface area (Å²) >= 11 is 2.28. The van der Waals surface area contributed by atoms with Gasteiger partial charge in [-0.1, -0.05) is 36.4 Å². The average Bonchev–Trinajstić information content (AvgIpc) is 2.49. The van der Waals surface area contributed by atoms with E-state index in [2.05, 4.69) is 51.8 Å². The van der Waals surface area contributed by atoms with E-state index < -0.39 is 6.10 Å². The Kier molecular flexibility index (Phi) is 3.98. The second-order valence-corrected chi connectivity index (χ2v) is 6.04. The summed E-state index contributed by atoms with van der Waals surface area (Å²) in [5, 5.41) is 12.6. The largest absolute Gasteiger partial charge is 0.388 e. The summed E-state index contributed by atoms with van der Waals surface area (Å²) in [6.07, 6.45) is 3.66. The van der Waals surface area contributed by atoms with Crippen LogP contribution >= 0.6 is 22.6 Å². The minimum absolute atomic E-state index is 0.534. The van der Waals surface area contributed by atoms with E-state index in [0.29, 0.717) is 6.42 Å². The fourth-order valence-corrected chi connectivity index (χ4v) is 2.72. The van der Waals surface area contributed by atoms with Gasteiger partial charge in [-0.25, -0.2) is 0 Å². The van der Waals surface area contributed by atoms with E-state index in [-0.39, 0.29) is 0 Å². The van der Waals surface area contributed by atoms with Crippen molar-refractivity contribution in [3.8, 4) is 0 Å². The van der Waals surface area contributed by atoms with E-state index in [4.69, 9.17) is 0 Å². The number of aliphatic hydroxyl groups is 1. The van der Waals surface area contributed by atoms with Crippen molar-refractivity contribution in [3.05, 3.63) is 75.6 Å². The number of pyridine rings is 1. The van der Waals surface area contributed by atoms with Gasteiger partial charge in [-0.05, 0) is 45.7 Å². The van der Waals surface area contributed by atoms with Gasteiger partial charge in [0.05, 0.1) is 6.10 Å². The van der Waals surface area contributed by atoms with Gasteiger partial charge in [-0.2, -0.15) is 0 Å². The highest BCUT2D eigenvalue weighted by Gasteiger charge is 2.12. The zero-order chi connectivity index (χ0) is 13.9. The van der Waals surface area contributed by atoms with Crippen molar-refractivity contribution in [1.29, 1.82) is 0 Å². The van der Waals surface area contributed by atoms with Crippen molar-refractivity contribution in [3.63, 3.8) is 0 Å². The van der Waals surface area contributed by atoms with E-state index in [1.807, 2.05) is 30.5 Å². The summed E-state index contributed by atoms with van der Waals surface area (Å²) in [6, 6.07) is 16.3. The molecule has 20 heavy (non-hydrogen) atoms. The first-order valence-electron chi connectivity index (χ1n) is 6.49. The first kappa shape index (κ1) is 13.5. The maximum absolute atomic E-state index is 10.5. The molecule has 0 radical (unpaired) electrons. The summed E-state index contributed by atoms with van der Waals surface area (Å²) in [5.74, 6) is 0. The maximum Gasteiger partial charge on any atom is 0.0851 e. The minimum Gasteiger partial charge on any atom is -0.388 e. The SMILES string of the molecule is OC(Cc1ccc(I)cc1)c1cncc2ccccc12. The smallest absolute Gasteiger partial charge is 0.0851 e. The summed E-state index contributed by atoms with van der Waals surface area (Å²) in [7, 11) is 0. The van der Waals surface area contributed by atoms with Crippen LogP contribution in [-0.4, -0.2) is 10.1 Å². The van der Waals surface area contributed by atoms with Gasteiger partial charge in [0.2, 0.25) is 0 Å². The second kappa shape index (κ2) is 5.89. The molecule has 0 amide bonds. The zero-order valence-corrected chi connectivity index (χ0v) is 13.0. The van der Waals surface area contributed by atoms with Crippen molar-refractivity contribution in [2.75, 3.05) is 0 Å². The fraction of sp³-hybridized carbons (Fsp3) is 0.118. The highest BCUT2D eigenvalue weighted by Crippen LogP contribution is 2.25. The molecular formula is C17H14INO. The number of aromatic nitrogens is 1. The van der Waals surface area contributed by atoms with Crippen LogP contribution < -0.4 is 0 Å². The van der Waals surface area contributed by atoms with Crippen LogP contribution in [0.3, 0.4) is 0 Å². The maximum atomic E-state index is 10.5. The molecule has 1 atom stereocenters. The summed E-state index contributed by atoms with van der Waals surface area (Å²) in [4.78, 5) is 4.23. The normalized spacial score (nSPS) is 12.5. The summed E-state index contributed by atoms with van der Waals surface area (Å²) in [6.45, 7) is 0. The third-order valence-electron chi connectivity index (χ3n) is 3.40. The van der Waals surface area contributed by atoms with Crippen molar-refractivity contribution >= 4 is 33.4 Å². The monoisotopic (exact) mass is 375 g/mol. The minimum atomic E-state index is -0.534. The van der Waals surface area contributed by atoms with Crippen LogP contribution in [0.15, 0.2) is 60.9 Å². The molecule has 0 fully saturated rings. The highest BCUT2D eigenvalue weighted by atomic mass is 127. The van der Waals surface area contributed by atoms with E-state index in [9.17, 15) is 5.11 Å². The molecule has 0 saturated carbocycles. The van der Waals surface area contributed by atoms with Gasteiger partial charge >= 0.3 is 0 Å². The number of nitrogens with zero attached hydrogens (tertiary/aromatic N) is 1. The van der Waals surface area contributed by atoms with Gasteiger partial charge in [0.15, 0.2) is 0 Å². The van der Waals surface area contributed by atoms with Gasteiger partial charge in [0, 0.05) is 33.3 Å². The molecule has 1 N–H and O–H groups in total. The molecule has 0 aliphatic carbocycles. The first-order chi connectivity index (χ1) is 9.74. The Bertz CT molecular complexity index is 719. The van der Waals surface area contributed by atoms with Crippen LogP contribution in [0.1, 0.15) is 17.2 Å². The van der Waals surface area contributed by atoms with Gasteiger partial charge in [-0.3, -0.25) is 4.98 Å². The number of aliphatic hydroxyl groups excluding tert-OH is 1. The Morgan fingerprint density at radius 2 is 1.75 bits per heavy atom. The van der Waals surface area contributed by atoms with E-state index in [0.717, 1.165) is 21.9 Å². The fourth-order valence-electron chi connectivity index (χ4n) is 2.36. The molecule has 100 valence electrons. The average molecular weight is 375 g/mol. The Hall–Kier alpha value is -1.46. The van der Waals surface area contributed by atoms with Crippen LogP contribution in [-0.2, 0) is 6.42 Å². The van der Waals surface area contributed by atoms with Crippen molar-refractivity contribution in [1.82, 2.24) is 4.98 Å².